The number of ketones is 1. The highest BCUT2D eigenvalue weighted by Crippen LogP contribution is 2.33. The van der Waals surface area contributed by atoms with Gasteiger partial charge in [0.1, 0.15) is 17.6 Å². The quantitative estimate of drug-likeness (QED) is 0.288. The molecule has 1 unspecified atom stereocenters. The topological polar surface area (TPSA) is 84.9 Å². The number of hydrogen-bond donors (Lipinski definition) is 2. The molecule has 0 spiro atoms. The second kappa shape index (κ2) is 11.5. The van der Waals surface area contributed by atoms with E-state index < -0.39 is 23.8 Å². The lowest BCUT2D eigenvalue weighted by Crippen LogP contribution is -2.25. The van der Waals surface area contributed by atoms with Gasteiger partial charge in [-0.1, -0.05) is 24.3 Å². The molecule has 0 aliphatic carbocycles. The molecular weight excluding hydrogens is 463 g/mol. The van der Waals surface area contributed by atoms with Crippen molar-refractivity contribution < 1.29 is 37.3 Å². The van der Waals surface area contributed by atoms with Crippen LogP contribution in [0.15, 0.2) is 72.8 Å². The lowest BCUT2D eigenvalue weighted by molar-refractivity contribution is -0.138. The molecule has 184 valence electrons. The average Bonchev–Trinajstić information content (AvgIpc) is 2.85. The van der Waals surface area contributed by atoms with Crippen LogP contribution in [0.5, 0.6) is 11.5 Å². The Morgan fingerprint density at radius 2 is 1.66 bits per heavy atom. The van der Waals surface area contributed by atoms with Crippen molar-refractivity contribution in [2.75, 3.05) is 20.2 Å². The van der Waals surface area contributed by atoms with E-state index in [1.165, 1.54) is 25.3 Å². The first-order valence-electron chi connectivity index (χ1n) is 10.7. The van der Waals surface area contributed by atoms with Crippen LogP contribution in [-0.2, 0) is 11.0 Å². The SMILES string of the molecule is COc1ccc(C(=O)c2cccc(OC(CCNCC(=O)O)c3cccc(C(F)(F)F)c3)c2)cc1. The van der Waals surface area contributed by atoms with E-state index in [0.717, 1.165) is 12.1 Å². The van der Waals surface area contributed by atoms with Gasteiger partial charge in [0.25, 0.3) is 0 Å². The van der Waals surface area contributed by atoms with E-state index in [1.807, 2.05) is 0 Å². The lowest BCUT2D eigenvalue weighted by Gasteiger charge is -2.21. The van der Waals surface area contributed by atoms with Crippen molar-refractivity contribution in [1.29, 1.82) is 0 Å². The fraction of sp³-hybridized carbons (Fsp3) is 0.231. The summed E-state index contributed by atoms with van der Waals surface area (Å²) in [7, 11) is 1.52. The molecule has 0 amide bonds. The highest BCUT2D eigenvalue weighted by molar-refractivity contribution is 6.09. The van der Waals surface area contributed by atoms with Gasteiger partial charge in [0.05, 0.1) is 19.2 Å². The van der Waals surface area contributed by atoms with Gasteiger partial charge < -0.3 is 19.9 Å². The Labute approximate surface area is 200 Å². The monoisotopic (exact) mass is 487 g/mol. The van der Waals surface area contributed by atoms with Gasteiger partial charge in [0, 0.05) is 17.5 Å². The van der Waals surface area contributed by atoms with Gasteiger partial charge in [-0.3, -0.25) is 9.59 Å². The molecule has 0 heterocycles. The molecule has 0 saturated heterocycles. The Hall–Kier alpha value is -3.85. The lowest BCUT2D eigenvalue weighted by atomic mass is 10.0. The number of nitrogens with one attached hydrogen (secondary N) is 1. The molecular formula is C26H24F3NO5. The molecule has 0 radical (unpaired) electrons. The average molecular weight is 487 g/mol. The zero-order valence-electron chi connectivity index (χ0n) is 18.8. The van der Waals surface area contributed by atoms with Gasteiger partial charge in [0.15, 0.2) is 5.78 Å². The van der Waals surface area contributed by atoms with Crippen molar-refractivity contribution >= 4 is 11.8 Å². The van der Waals surface area contributed by atoms with E-state index >= 15 is 0 Å². The van der Waals surface area contributed by atoms with E-state index in [1.54, 1.807) is 42.5 Å². The molecule has 2 N–H and O–H groups in total. The van der Waals surface area contributed by atoms with Crippen LogP contribution in [0.4, 0.5) is 13.2 Å². The fourth-order valence-electron chi connectivity index (χ4n) is 3.42. The maximum atomic E-state index is 13.2. The third-order valence-electron chi connectivity index (χ3n) is 5.17. The summed E-state index contributed by atoms with van der Waals surface area (Å²) in [6.45, 7) is -0.0984. The number of rotatable bonds is 11. The Kier molecular flexibility index (Phi) is 8.48. The summed E-state index contributed by atoms with van der Waals surface area (Å²) in [5.41, 5.74) is 0.254. The van der Waals surface area contributed by atoms with Crippen molar-refractivity contribution in [2.45, 2.75) is 18.7 Å². The number of carboxylic acids is 1. The van der Waals surface area contributed by atoms with E-state index in [2.05, 4.69) is 5.32 Å². The summed E-state index contributed by atoms with van der Waals surface area (Å²) in [5.74, 6) is -0.396. The number of carboxylic acid groups (broad SMARTS) is 1. The molecule has 0 aliphatic rings. The summed E-state index contributed by atoms with van der Waals surface area (Å²) >= 11 is 0. The summed E-state index contributed by atoms with van der Waals surface area (Å²) in [6.07, 6.45) is -5.14. The van der Waals surface area contributed by atoms with E-state index in [9.17, 15) is 22.8 Å². The number of benzene rings is 3. The van der Waals surface area contributed by atoms with Gasteiger partial charge in [-0.2, -0.15) is 13.2 Å². The first-order chi connectivity index (χ1) is 16.7. The fourth-order valence-corrected chi connectivity index (χ4v) is 3.42. The minimum atomic E-state index is -4.52. The van der Waals surface area contributed by atoms with Crippen molar-refractivity contribution in [3.8, 4) is 11.5 Å². The highest BCUT2D eigenvalue weighted by Gasteiger charge is 2.31. The predicted octanol–water partition coefficient (Wildman–Crippen LogP) is 5.13. The Morgan fingerprint density at radius 3 is 2.31 bits per heavy atom. The molecule has 3 rings (SSSR count). The van der Waals surface area contributed by atoms with E-state index in [0.29, 0.717) is 22.6 Å². The second-order valence-electron chi connectivity index (χ2n) is 7.67. The van der Waals surface area contributed by atoms with Crippen LogP contribution >= 0.6 is 0 Å². The molecule has 9 heteroatoms. The molecule has 3 aromatic rings. The van der Waals surface area contributed by atoms with Gasteiger partial charge in [-0.15, -0.1) is 0 Å². The number of carbonyl (C=O) groups excluding carboxylic acids is 1. The van der Waals surface area contributed by atoms with Gasteiger partial charge in [-0.05, 0) is 60.6 Å². The van der Waals surface area contributed by atoms with Crippen LogP contribution in [0, 0.1) is 0 Å². The minimum Gasteiger partial charge on any atom is -0.497 e. The van der Waals surface area contributed by atoms with Crippen LogP contribution in [0.1, 0.15) is 39.6 Å². The highest BCUT2D eigenvalue weighted by atomic mass is 19.4. The maximum Gasteiger partial charge on any atom is 0.416 e. The van der Waals surface area contributed by atoms with Gasteiger partial charge in [-0.25, -0.2) is 0 Å². The second-order valence-corrected chi connectivity index (χ2v) is 7.67. The van der Waals surface area contributed by atoms with Gasteiger partial charge >= 0.3 is 12.1 Å². The first-order valence-corrected chi connectivity index (χ1v) is 10.7. The molecule has 1 atom stereocenters. The molecule has 0 fully saturated rings. The van der Waals surface area contributed by atoms with Crippen LogP contribution in [-0.4, -0.2) is 37.1 Å². The molecule has 0 bridgehead atoms. The van der Waals surface area contributed by atoms with E-state index in [-0.39, 0.29) is 30.9 Å². The van der Waals surface area contributed by atoms with Crippen molar-refractivity contribution in [2.24, 2.45) is 0 Å². The Morgan fingerprint density at radius 1 is 0.943 bits per heavy atom. The van der Waals surface area contributed by atoms with Crippen molar-refractivity contribution in [1.82, 2.24) is 5.32 Å². The van der Waals surface area contributed by atoms with Gasteiger partial charge in [0.2, 0.25) is 0 Å². The summed E-state index contributed by atoms with van der Waals surface area (Å²) < 4.78 is 50.8. The first kappa shape index (κ1) is 25.8. The smallest absolute Gasteiger partial charge is 0.416 e. The minimum absolute atomic E-state index is 0.192. The van der Waals surface area contributed by atoms with Crippen LogP contribution in [0.2, 0.25) is 0 Å². The zero-order valence-corrected chi connectivity index (χ0v) is 18.8. The Bertz CT molecular complexity index is 1160. The normalized spacial score (nSPS) is 12.1. The predicted molar refractivity (Wildman–Crippen MR) is 123 cm³/mol. The van der Waals surface area contributed by atoms with Crippen LogP contribution in [0.3, 0.4) is 0 Å². The van der Waals surface area contributed by atoms with Crippen molar-refractivity contribution in [3.05, 3.63) is 95.1 Å². The third-order valence-corrected chi connectivity index (χ3v) is 5.17. The molecule has 3 aromatic carbocycles. The summed E-state index contributed by atoms with van der Waals surface area (Å²) in [5, 5.41) is 11.5. The van der Waals surface area contributed by atoms with Crippen molar-refractivity contribution in [3.63, 3.8) is 0 Å². The number of aliphatic carboxylic acids is 1. The molecule has 0 saturated carbocycles. The number of methoxy groups -OCH3 is 1. The maximum absolute atomic E-state index is 13.2. The number of halogens is 3. The number of hydrogen-bond acceptors (Lipinski definition) is 5. The molecule has 35 heavy (non-hydrogen) atoms. The van der Waals surface area contributed by atoms with Crippen LogP contribution < -0.4 is 14.8 Å². The number of ether oxygens (including phenoxy) is 2. The Balaban J connectivity index is 1.83. The third kappa shape index (κ3) is 7.31. The number of alkyl halides is 3. The van der Waals surface area contributed by atoms with Crippen LogP contribution in [0.25, 0.3) is 0 Å². The summed E-state index contributed by atoms with van der Waals surface area (Å²) in [4.78, 5) is 23.7. The molecule has 0 aliphatic heterocycles. The standard InChI is InChI=1S/C26H24F3NO5/c1-34-21-10-8-17(9-11-21)25(33)19-5-3-7-22(15-19)35-23(12-13-30-16-24(31)32)18-4-2-6-20(14-18)26(27,28)29/h2-11,14-15,23,30H,12-13,16H2,1H3,(H,31,32). The largest absolute Gasteiger partial charge is 0.497 e. The zero-order chi connectivity index (χ0) is 25.4. The molecule has 0 aromatic heterocycles. The molecule has 6 nitrogen and oxygen atoms in total. The number of carbonyl (C=O) groups is 2. The van der Waals surface area contributed by atoms with E-state index in [4.69, 9.17) is 14.6 Å². The summed E-state index contributed by atoms with van der Waals surface area (Å²) in [6, 6.07) is 17.8.